The lowest BCUT2D eigenvalue weighted by molar-refractivity contribution is -0.114. The number of hydrogen-bond acceptors (Lipinski definition) is 7. The molecule has 0 bridgehead atoms. The summed E-state index contributed by atoms with van der Waals surface area (Å²) in [6.07, 6.45) is 0. The van der Waals surface area contributed by atoms with Crippen molar-refractivity contribution in [3.05, 3.63) is 23.2 Å². The number of amides is 2. The van der Waals surface area contributed by atoms with Crippen molar-refractivity contribution < 1.29 is 14.3 Å². The molecule has 0 aliphatic heterocycles. The van der Waals surface area contributed by atoms with Crippen molar-refractivity contribution in [2.24, 2.45) is 0 Å². The van der Waals surface area contributed by atoms with Gasteiger partial charge in [0.2, 0.25) is 16.9 Å². The molecule has 2 rings (SSSR count). The van der Waals surface area contributed by atoms with E-state index >= 15 is 0 Å². The number of carbonyl (C=O) groups excluding carboxylic acids is 2. The van der Waals surface area contributed by atoms with E-state index in [-0.39, 0.29) is 17.6 Å². The number of ether oxygens (including phenoxy) is 1. The van der Waals surface area contributed by atoms with Crippen molar-refractivity contribution in [3.63, 3.8) is 0 Å². The Morgan fingerprint density at radius 3 is 2.83 bits per heavy atom. The summed E-state index contributed by atoms with van der Waals surface area (Å²) in [5.74, 6) is 0.219. The second kappa shape index (κ2) is 8.14. The third kappa shape index (κ3) is 5.38. The first-order valence-electron chi connectivity index (χ1n) is 6.35. The molecule has 0 aliphatic carbocycles. The van der Waals surface area contributed by atoms with Crippen molar-refractivity contribution in [2.75, 3.05) is 23.5 Å². The van der Waals surface area contributed by atoms with Crippen LogP contribution in [0.3, 0.4) is 0 Å². The van der Waals surface area contributed by atoms with Gasteiger partial charge in [-0.2, -0.15) is 0 Å². The summed E-state index contributed by atoms with van der Waals surface area (Å²) in [6.45, 7) is 1.39. The van der Waals surface area contributed by atoms with Crippen molar-refractivity contribution >= 4 is 57.3 Å². The highest BCUT2D eigenvalue weighted by atomic mass is 35.5. The summed E-state index contributed by atoms with van der Waals surface area (Å²) in [5, 5.41) is 13.9. The van der Waals surface area contributed by atoms with Crippen LogP contribution in [0.25, 0.3) is 0 Å². The van der Waals surface area contributed by atoms with Crippen LogP contribution >= 0.6 is 34.7 Å². The van der Waals surface area contributed by atoms with Crippen LogP contribution in [0.1, 0.15) is 6.92 Å². The number of anilines is 2. The van der Waals surface area contributed by atoms with Gasteiger partial charge in [0.05, 0.1) is 18.6 Å². The zero-order chi connectivity index (χ0) is 16.8. The molecule has 0 radical (unpaired) electrons. The highest BCUT2D eigenvalue weighted by molar-refractivity contribution is 8.01. The maximum atomic E-state index is 12.0. The SMILES string of the molecule is COc1ccc(Cl)cc1NC(=O)CSc1nnc(NC(C)=O)s1. The second-order valence-electron chi connectivity index (χ2n) is 4.24. The van der Waals surface area contributed by atoms with Crippen molar-refractivity contribution in [2.45, 2.75) is 11.3 Å². The number of nitrogens with one attached hydrogen (secondary N) is 2. The Kier molecular flexibility index (Phi) is 6.20. The summed E-state index contributed by atoms with van der Waals surface area (Å²) in [5.41, 5.74) is 0.502. The van der Waals surface area contributed by atoms with Crippen LogP contribution < -0.4 is 15.4 Å². The molecule has 1 aromatic heterocycles. The van der Waals surface area contributed by atoms with E-state index in [9.17, 15) is 9.59 Å². The number of methoxy groups -OCH3 is 1. The molecule has 23 heavy (non-hydrogen) atoms. The van der Waals surface area contributed by atoms with E-state index in [1.54, 1.807) is 18.2 Å². The molecule has 2 amide bonds. The third-order valence-electron chi connectivity index (χ3n) is 2.45. The predicted molar refractivity (Wildman–Crippen MR) is 91.6 cm³/mol. The highest BCUT2D eigenvalue weighted by Gasteiger charge is 2.11. The third-order valence-corrected chi connectivity index (χ3v) is 4.66. The molecule has 1 aromatic carbocycles. The Labute approximate surface area is 145 Å². The Morgan fingerprint density at radius 2 is 2.13 bits per heavy atom. The molecule has 2 N–H and O–H groups in total. The van der Waals surface area contributed by atoms with Gasteiger partial charge in [-0.3, -0.25) is 9.59 Å². The van der Waals surface area contributed by atoms with Gasteiger partial charge in [-0.15, -0.1) is 10.2 Å². The monoisotopic (exact) mass is 372 g/mol. The molecular weight excluding hydrogens is 360 g/mol. The maximum Gasteiger partial charge on any atom is 0.234 e. The number of aromatic nitrogens is 2. The Balaban J connectivity index is 1.91. The Morgan fingerprint density at radius 1 is 1.35 bits per heavy atom. The largest absolute Gasteiger partial charge is 0.495 e. The normalized spacial score (nSPS) is 10.2. The molecule has 10 heteroatoms. The minimum atomic E-state index is -0.230. The van der Waals surface area contributed by atoms with Gasteiger partial charge < -0.3 is 15.4 Å². The minimum Gasteiger partial charge on any atom is -0.495 e. The van der Waals surface area contributed by atoms with E-state index in [2.05, 4.69) is 20.8 Å². The number of benzene rings is 1. The lowest BCUT2D eigenvalue weighted by Gasteiger charge is -2.09. The summed E-state index contributed by atoms with van der Waals surface area (Å²) >= 11 is 8.34. The van der Waals surface area contributed by atoms with Crippen LogP contribution in [0.5, 0.6) is 5.75 Å². The molecular formula is C13H13ClN4O3S2. The van der Waals surface area contributed by atoms with Gasteiger partial charge >= 0.3 is 0 Å². The summed E-state index contributed by atoms with van der Waals surface area (Å²) in [6, 6.07) is 4.97. The first-order valence-corrected chi connectivity index (χ1v) is 8.53. The van der Waals surface area contributed by atoms with Crippen molar-refractivity contribution in [3.8, 4) is 5.75 Å². The van der Waals surface area contributed by atoms with Gasteiger partial charge in [-0.05, 0) is 18.2 Å². The first kappa shape index (κ1) is 17.5. The van der Waals surface area contributed by atoms with Gasteiger partial charge in [-0.1, -0.05) is 34.7 Å². The van der Waals surface area contributed by atoms with E-state index in [4.69, 9.17) is 16.3 Å². The zero-order valence-electron chi connectivity index (χ0n) is 12.3. The average Bonchev–Trinajstić information content (AvgIpc) is 2.92. The molecule has 122 valence electrons. The summed E-state index contributed by atoms with van der Waals surface area (Å²) < 4.78 is 5.75. The standard InChI is InChI=1S/C13H13ClN4O3S2/c1-7(19)15-12-17-18-13(23-12)22-6-11(20)16-9-5-8(14)3-4-10(9)21-2/h3-5H,6H2,1-2H3,(H,16,20)(H,15,17,19). The van der Waals surface area contributed by atoms with Crippen LogP contribution in [0, 0.1) is 0 Å². The lowest BCUT2D eigenvalue weighted by Crippen LogP contribution is -2.14. The van der Waals surface area contributed by atoms with E-state index in [0.717, 1.165) is 0 Å². The Bertz CT molecular complexity index is 723. The highest BCUT2D eigenvalue weighted by Crippen LogP contribution is 2.29. The average molecular weight is 373 g/mol. The van der Waals surface area contributed by atoms with E-state index in [1.807, 2.05) is 0 Å². The molecule has 0 saturated heterocycles. The fraction of sp³-hybridized carbons (Fsp3) is 0.231. The Hall–Kier alpha value is -1.84. The predicted octanol–water partition coefficient (Wildman–Crippen LogP) is 2.89. The lowest BCUT2D eigenvalue weighted by atomic mass is 10.3. The van der Waals surface area contributed by atoms with Gasteiger partial charge in [0.25, 0.3) is 0 Å². The molecule has 0 atom stereocenters. The molecule has 0 saturated carbocycles. The summed E-state index contributed by atoms with van der Waals surface area (Å²) in [7, 11) is 1.51. The molecule has 0 aliphatic rings. The van der Waals surface area contributed by atoms with Gasteiger partial charge in [0.15, 0.2) is 4.34 Å². The summed E-state index contributed by atoms with van der Waals surface area (Å²) in [4.78, 5) is 22.9. The van der Waals surface area contributed by atoms with Crippen molar-refractivity contribution in [1.29, 1.82) is 0 Å². The zero-order valence-corrected chi connectivity index (χ0v) is 14.6. The number of thioether (sulfide) groups is 1. The number of hydrogen-bond donors (Lipinski definition) is 2. The van der Waals surface area contributed by atoms with Gasteiger partial charge in [-0.25, -0.2) is 0 Å². The fourth-order valence-corrected chi connectivity index (χ4v) is 3.33. The van der Waals surface area contributed by atoms with Crippen LogP contribution in [0.15, 0.2) is 22.5 Å². The molecule has 0 spiro atoms. The van der Waals surface area contributed by atoms with Crippen LogP contribution in [0.4, 0.5) is 10.8 Å². The molecule has 1 heterocycles. The quantitative estimate of drug-likeness (QED) is 0.598. The number of halogens is 1. The topological polar surface area (TPSA) is 93.2 Å². The van der Waals surface area contributed by atoms with Gasteiger partial charge in [0.1, 0.15) is 5.75 Å². The van der Waals surface area contributed by atoms with Crippen LogP contribution in [-0.2, 0) is 9.59 Å². The maximum absolute atomic E-state index is 12.0. The van der Waals surface area contributed by atoms with Crippen LogP contribution in [-0.4, -0.2) is 34.9 Å². The second-order valence-corrected chi connectivity index (χ2v) is 6.87. The minimum absolute atomic E-state index is 0.143. The molecule has 2 aromatic rings. The first-order chi connectivity index (χ1) is 11.0. The van der Waals surface area contributed by atoms with E-state index in [0.29, 0.717) is 25.9 Å². The smallest absolute Gasteiger partial charge is 0.234 e. The molecule has 0 fully saturated rings. The molecule has 0 unspecified atom stereocenters. The number of nitrogens with zero attached hydrogens (tertiary/aromatic N) is 2. The van der Waals surface area contributed by atoms with Crippen LogP contribution in [0.2, 0.25) is 5.02 Å². The number of carbonyl (C=O) groups is 2. The van der Waals surface area contributed by atoms with Crippen molar-refractivity contribution in [1.82, 2.24) is 10.2 Å². The fourth-order valence-electron chi connectivity index (χ4n) is 1.56. The molecule has 7 nitrogen and oxygen atoms in total. The van der Waals surface area contributed by atoms with E-state index < -0.39 is 0 Å². The van der Waals surface area contributed by atoms with Gasteiger partial charge in [0, 0.05) is 11.9 Å². The number of rotatable bonds is 6. The van der Waals surface area contributed by atoms with E-state index in [1.165, 1.54) is 37.1 Å².